The first kappa shape index (κ1) is 21.1. The highest BCUT2D eigenvalue weighted by atomic mass is 32.2. The molecule has 152 valence electrons. The lowest BCUT2D eigenvalue weighted by molar-refractivity contribution is 0.222. The van der Waals surface area contributed by atoms with Gasteiger partial charge in [-0.2, -0.15) is 4.31 Å². The predicted octanol–water partition coefficient (Wildman–Crippen LogP) is 3.30. The first-order valence-corrected chi connectivity index (χ1v) is 12.0. The Kier molecular flexibility index (Phi) is 6.98. The van der Waals surface area contributed by atoms with E-state index in [1.54, 1.807) is 12.1 Å². The third kappa shape index (κ3) is 5.05. The fraction of sp³-hybridized carbons (Fsp3) is 0.450. The molecule has 6 nitrogen and oxygen atoms in total. The normalized spacial score (nSPS) is 17.4. The van der Waals surface area contributed by atoms with E-state index in [0.29, 0.717) is 18.9 Å². The third-order valence-electron chi connectivity index (χ3n) is 4.89. The summed E-state index contributed by atoms with van der Waals surface area (Å²) < 4.78 is 27.1. The fourth-order valence-electron chi connectivity index (χ4n) is 3.12. The highest BCUT2D eigenvalue weighted by molar-refractivity contribution is 7.99. The Morgan fingerprint density at radius 1 is 1.11 bits per heavy atom. The van der Waals surface area contributed by atoms with E-state index < -0.39 is 10.0 Å². The summed E-state index contributed by atoms with van der Waals surface area (Å²) >= 11 is 1.82. The van der Waals surface area contributed by atoms with Crippen molar-refractivity contribution in [1.82, 2.24) is 14.2 Å². The number of pyridine rings is 1. The Balaban J connectivity index is 1.65. The number of aromatic nitrogens is 1. The van der Waals surface area contributed by atoms with E-state index in [1.165, 1.54) is 15.4 Å². The molecule has 1 fully saturated rings. The largest absolute Gasteiger partial charge is 0.364 e. The monoisotopic (exact) mass is 420 g/mol. The molecule has 0 spiro atoms. The van der Waals surface area contributed by atoms with E-state index in [4.69, 9.17) is 0 Å². The van der Waals surface area contributed by atoms with Gasteiger partial charge in [0.2, 0.25) is 10.0 Å². The molecular weight excluding hydrogens is 392 g/mol. The molecule has 28 heavy (non-hydrogen) atoms. The van der Waals surface area contributed by atoms with Gasteiger partial charge in [-0.25, -0.2) is 13.4 Å². The summed E-state index contributed by atoms with van der Waals surface area (Å²) in [7, 11) is -1.48. The van der Waals surface area contributed by atoms with Crippen LogP contribution in [0.2, 0.25) is 0 Å². The summed E-state index contributed by atoms with van der Waals surface area (Å²) in [5, 5.41) is 3.34. The molecular formula is C20H28N4O2S2. The smallest absolute Gasteiger partial charge is 0.244 e. The van der Waals surface area contributed by atoms with Crippen molar-refractivity contribution in [2.75, 3.05) is 44.3 Å². The number of hydrogen-bond donors (Lipinski definition) is 1. The molecule has 1 unspecified atom stereocenters. The molecule has 1 aliphatic rings. The minimum Gasteiger partial charge on any atom is -0.364 e. The van der Waals surface area contributed by atoms with Crippen LogP contribution in [-0.4, -0.2) is 61.6 Å². The van der Waals surface area contributed by atoms with Crippen molar-refractivity contribution in [3.63, 3.8) is 0 Å². The van der Waals surface area contributed by atoms with Crippen LogP contribution in [0.5, 0.6) is 0 Å². The van der Waals surface area contributed by atoms with Crippen LogP contribution in [0.25, 0.3) is 0 Å². The van der Waals surface area contributed by atoms with Crippen LogP contribution < -0.4 is 5.32 Å². The molecule has 8 heteroatoms. The Labute approximate surface area is 172 Å². The van der Waals surface area contributed by atoms with E-state index in [9.17, 15) is 8.42 Å². The number of rotatable bonds is 7. The standard InChI is InChI=1S/C20H28N4O2S2/c1-4-27-18-7-5-17(6-8-18)16(2)22-20-10-9-19(15-21-20)28(25,26)24-13-11-23(3)12-14-24/h5-10,15-16H,4,11-14H2,1-3H3,(H,21,22). The van der Waals surface area contributed by atoms with Gasteiger partial charge in [0, 0.05) is 43.3 Å². The first-order valence-electron chi connectivity index (χ1n) is 9.54. The van der Waals surface area contributed by atoms with Crippen molar-refractivity contribution in [3.05, 3.63) is 48.2 Å². The summed E-state index contributed by atoms with van der Waals surface area (Å²) in [6.45, 7) is 6.74. The van der Waals surface area contributed by atoms with Crippen molar-refractivity contribution in [3.8, 4) is 0 Å². The van der Waals surface area contributed by atoms with Gasteiger partial charge in [0.1, 0.15) is 10.7 Å². The van der Waals surface area contributed by atoms with Gasteiger partial charge in [-0.15, -0.1) is 11.8 Å². The average molecular weight is 421 g/mol. The molecule has 0 bridgehead atoms. The van der Waals surface area contributed by atoms with Crippen LogP contribution in [0.3, 0.4) is 0 Å². The van der Waals surface area contributed by atoms with Gasteiger partial charge >= 0.3 is 0 Å². The van der Waals surface area contributed by atoms with Crippen LogP contribution in [0.15, 0.2) is 52.4 Å². The lowest BCUT2D eigenvalue weighted by atomic mass is 10.1. The number of anilines is 1. The number of nitrogens with zero attached hydrogens (tertiary/aromatic N) is 3. The molecule has 1 atom stereocenters. The van der Waals surface area contributed by atoms with Gasteiger partial charge in [-0.1, -0.05) is 19.1 Å². The Bertz CT molecular complexity index is 862. The van der Waals surface area contributed by atoms with Gasteiger partial charge < -0.3 is 10.2 Å². The maximum atomic E-state index is 12.8. The van der Waals surface area contributed by atoms with E-state index in [-0.39, 0.29) is 10.9 Å². The molecule has 1 N–H and O–H groups in total. The molecule has 0 saturated carbocycles. The molecule has 1 saturated heterocycles. The molecule has 1 aromatic carbocycles. The summed E-state index contributed by atoms with van der Waals surface area (Å²) in [5.74, 6) is 1.72. The summed E-state index contributed by atoms with van der Waals surface area (Å²) in [6.07, 6.45) is 1.45. The van der Waals surface area contributed by atoms with E-state index >= 15 is 0 Å². The summed E-state index contributed by atoms with van der Waals surface area (Å²) in [6, 6.07) is 11.9. The average Bonchev–Trinajstić information content (AvgIpc) is 2.69. The predicted molar refractivity (Wildman–Crippen MR) is 115 cm³/mol. The topological polar surface area (TPSA) is 65.5 Å². The van der Waals surface area contributed by atoms with E-state index in [0.717, 1.165) is 24.4 Å². The summed E-state index contributed by atoms with van der Waals surface area (Å²) in [4.78, 5) is 7.97. The minimum atomic E-state index is -3.48. The lowest BCUT2D eigenvalue weighted by Crippen LogP contribution is -2.47. The molecule has 2 heterocycles. The second kappa shape index (κ2) is 9.26. The van der Waals surface area contributed by atoms with Crippen LogP contribution in [0.4, 0.5) is 5.82 Å². The molecule has 0 aliphatic carbocycles. The Hall–Kier alpha value is -1.61. The molecule has 3 rings (SSSR count). The lowest BCUT2D eigenvalue weighted by Gasteiger charge is -2.31. The number of benzene rings is 1. The zero-order valence-corrected chi connectivity index (χ0v) is 18.3. The fourth-order valence-corrected chi connectivity index (χ4v) is 5.15. The highest BCUT2D eigenvalue weighted by Gasteiger charge is 2.27. The SMILES string of the molecule is CCSc1ccc(C(C)Nc2ccc(S(=O)(=O)N3CCN(C)CC3)cn2)cc1. The van der Waals surface area contributed by atoms with Gasteiger partial charge in [0.15, 0.2) is 0 Å². The number of sulfonamides is 1. The van der Waals surface area contributed by atoms with Gasteiger partial charge in [0.05, 0.1) is 0 Å². The van der Waals surface area contributed by atoms with Gasteiger partial charge in [0.25, 0.3) is 0 Å². The minimum absolute atomic E-state index is 0.0771. The second-order valence-electron chi connectivity index (χ2n) is 6.95. The zero-order valence-electron chi connectivity index (χ0n) is 16.6. The van der Waals surface area contributed by atoms with Crippen molar-refractivity contribution >= 4 is 27.6 Å². The van der Waals surface area contributed by atoms with Crippen molar-refractivity contribution in [1.29, 1.82) is 0 Å². The zero-order chi connectivity index (χ0) is 20.1. The van der Waals surface area contributed by atoms with E-state index in [2.05, 4.69) is 53.3 Å². The van der Waals surface area contributed by atoms with Crippen LogP contribution in [0, 0.1) is 0 Å². The van der Waals surface area contributed by atoms with Crippen molar-refractivity contribution in [2.45, 2.75) is 29.7 Å². The number of hydrogen-bond acceptors (Lipinski definition) is 6. The van der Waals surface area contributed by atoms with Crippen LogP contribution >= 0.6 is 11.8 Å². The van der Waals surface area contributed by atoms with Gasteiger partial charge in [-0.3, -0.25) is 0 Å². The first-order chi connectivity index (χ1) is 13.4. The Morgan fingerprint density at radius 2 is 1.79 bits per heavy atom. The van der Waals surface area contributed by atoms with Crippen molar-refractivity contribution in [2.24, 2.45) is 0 Å². The second-order valence-corrected chi connectivity index (χ2v) is 10.2. The Morgan fingerprint density at radius 3 is 2.36 bits per heavy atom. The van der Waals surface area contributed by atoms with Crippen LogP contribution in [0.1, 0.15) is 25.5 Å². The molecule has 0 radical (unpaired) electrons. The molecule has 0 amide bonds. The van der Waals surface area contributed by atoms with Crippen molar-refractivity contribution < 1.29 is 8.42 Å². The maximum Gasteiger partial charge on any atom is 0.244 e. The van der Waals surface area contributed by atoms with Gasteiger partial charge in [-0.05, 0) is 49.6 Å². The summed E-state index contributed by atoms with van der Waals surface area (Å²) in [5.41, 5.74) is 1.16. The number of thioether (sulfide) groups is 1. The van der Waals surface area contributed by atoms with E-state index in [1.807, 2.05) is 18.8 Å². The third-order valence-corrected chi connectivity index (χ3v) is 7.67. The molecule has 2 aromatic rings. The number of nitrogens with one attached hydrogen (secondary N) is 1. The number of piperazine rings is 1. The highest BCUT2D eigenvalue weighted by Crippen LogP contribution is 2.24. The maximum absolute atomic E-state index is 12.8. The number of likely N-dealkylation sites (N-methyl/N-ethyl adjacent to an activating group) is 1. The van der Waals surface area contributed by atoms with Crippen LogP contribution in [-0.2, 0) is 10.0 Å². The molecule has 1 aromatic heterocycles. The quantitative estimate of drug-likeness (QED) is 0.694. The molecule has 1 aliphatic heterocycles.